The van der Waals surface area contributed by atoms with Crippen LogP contribution in [0.15, 0.2) is 42.7 Å². The fourth-order valence-electron chi connectivity index (χ4n) is 2.34. The van der Waals surface area contributed by atoms with Crippen molar-refractivity contribution in [1.82, 2.24) is 25.0 Å². The number of fused-ring (bicyclic) bond motifs is 2. The van der Waals surface area contributed by atoms with Crippen molar-refractivity contribution in [2.75, 3.05) is 0 Å². The van der Waals surface area contributed by atoms with Gasteiger partial charge in [-0.25, -0.2) is 4.52 Å². The predicted octanol–water partition coefficient (Wildman–Crippen LogP) is 1.37. The SMILES string of the molecule is NC(=O)c1ccc2c(-c3ccc4[nH]ncc4c3)nnn2c1. The van der Waals surface area contributed by atoms with E-state index in [9.17, 15) is 4.79 Å². The van der Waals surface area contributed by atoms with Crippen molar-refractivity contribution in [1.29, 1.82) is 0 Å². The maximum Gasteiger partial charge on any atom is 0.250 e. The van der Waals surface area contributed by atoms with Crippen LogP contribution in [0.4, 0.5) is 0 Å². The maximum absolute atomic E-state index is 11.2. The largest absolute Gasteiger partial charge is 0.366 e. The van der Waals surface area contributed by atoms with Crippen LogP contribution in [0.2, 0.25) is 0 Å². The molecular weight excluding hydrogens is 268 g/mol. The normalized spacial score (nSPS) is 11.2. The Hall–Kier alpha value is -3.22. The number of nitrogens with two attached hydrogens (primary N) is 1. The quantitative estimate of drug-likeness (QED) is 0.578. The average Bonchev–Trinajstić information content (AvgIpc) is 3.12. The molecule has 7 heteroatoms. The van der Waals surface area contributed by atoms with Gasteiger partial charge in [0.1, 0.15) is 5.69 Å². The molecule has 3 heterocycles. The lowest BCUT2D eigenvalue weighted by molar-refractivity contribution is 0.1000. The summed E-state index contributed by atoms with van der Waals surface area (Å²) in [5.74, 6) is -0.492. The molecule has 0 aliphatic carbocycles. The van der Waals surface area contributed by atoms with Crippen molar-refractivity contribution in [3.8, 4) is 11.3 Å². The summed E-state index contributed by atoms with van der Waals surface area (Å²) in [7, 11) is 0. The smallest absolute Gasteiger partial charge is 0.250 e. The first kappa shape index (κ1) is 11.6. The number of hydrogen-bond acceptors (Lipinski definition) is 4. The van der Waals surface area contributed by atoms with Gasteiger partial charge in [-0.05, 0) is 24.3 Å². The van der Waals surface area contributed by atoms with Crippen molar-refractivity contribution in [3.05, 3.63) is 48.3 Å². The van der Waals surface area contributed by atoms with Gasteiger partial charge in [0, 0.05) is 17.1 Å². The van der Waals surface area contributed by atoms with Crippen LogP contribution in [0.3, 0.4) is 0 Å². The van der Waals surface area contributed by atoms with E-state index < -0.39 is 5.91 Å². The molecule has 0 radical (unpaired) electrons. The minimum Gasteiger partial charge on any atom is -0.366 e. The molecule has 4 aromatic rings. The van der Waals surface area contributed by atoms with Gasteiger partial charge >= 0.3 is 0 Å². The van der Waals surface area contributed by atoms with Crippen LogP contribution in [-0.2, 0) is 0 Å². The molecule has 0 unspecified atom stereocenters. The minimum absolute atomic E-state index is 0.393. The third kappa shape index (κ3) is 1.75. The second kappa shape index (κ2) is 4.14. The lowest BCUT2D eigenvalue weighted by Gasteiger charge is -1.99. The number of hydrogen-bond donors (Lipinski definition) is 2. The molecule has 1 aromatic carbocycles. The number of carbonyl (C=O) groups excluding carboxylic acids is 1. The molecule has 0 bridgehead atoms. The van der Waals surface area contributed by atoms with E-state index in [1.165, 1.54) is 0 Å². The number of aromatic amines is 1. The molecular formula is C14H10N6O. The van der Waals surface area contributed by atoms with Crippen LogP contribution in [0, 0.1) is 0 Å². The van der Waals surface area contributed by atoms with Gasteiger partial charge < -0.3 is 5.73 Å². The summed E-state index contributed by atoms with van der Waals surface area (Å²) in [6.45, 7) is 0. The molecule has 1 amide bonds. The minimum atomic E-state index is -0.492. The van der Waals surface area contributed by atoms with Gasteiger partial charge in [0.2, 0.25) is 5.91 Å². The van der Waals surface area contributed by atoms with Gasteiger partial charge in [0.25, 0.3) is 0 Å². The number of nitrogens with one attached hydrogen (secondary N) is 1. The molecule has 0 aliphatic heterocycles. The van der Waals surface area contributed by atoms with E-state index in [0.717, 1.165) is 27.7 Å². The third-order valence-electron chi connectivity index (χ3n) is 3.41. The monoisotopic (exact) mass is 278 g/mol. The van der Waals surface area contributed by atoms with Crippen molar-refractivity contribution in [2.45, 2.75) is 0 Å². The van der Waals surface area contributed by atoms with E-state index >= 15 is 0 Å². The molecule has 4 rings (SSSR count). The Balaban J connectivity index is 1.91. The Morgan fingerprint density at radius 3 is 3.00 bits per heavy atom. The Kier molecular flexibility index (Phi) is 2.28. The molecule has 0 saturated carbocycles. The number of rotatable bonds is 2. The van der Waals surface area contributed by atoms with Crippen molar-refractivity contribution in [3.63, 3.8) is 0 Å². The number of aromatic nitrogens is 5. The summed E-state index contributed by atoms with van der Waals surface area (Å²) in [5.41, 5.74) is 9.11. The number of pyridine rings is 1. The van der Waals surface area contributed by atoms with Crippen LogP contribution >= 0.6 is 0 Å². The standard InChI is InChI=1S/C14H10N6O/c15-14(21)9-2-4-12-13(18-19-20(12)7-9)8-1-3-11-10(5-8)6-16-17-11/h1-7H,(H2,15,21)(H,16,17). The van der Waals surface area contributed by atoms with Crippen LogP contribution < -0.4 is 5.73 Å². The van der Waals surface area contributed by atoms with Crippen molar-refractivity contribution < 1.29 is 4.79 Å². The number of H-pyrrole nitrogens is 1. The summed E-state index contributed by atoms with van der Waals surface area (Å²) in [5, 5.41) is 16.1. The molecule has 0 saturated heterocycles. The molecule has 0 aliphatic rings. The lowest BCUT2D eigenvalue weighted by atomic mass is 10.1. The second-order valence-electron chi connectivity index (χ2n) is 4.72. The fourth-order valence-corrected chi connectivity index (χ4v) is 2.34. The average molecular weight is 278 g/mol. The highest BCUT2D eigenvalue weighted by Gasteiger charge is 2.11. The zero-order chi connectivity index (χ0) is 14.4. The first-order chi connectivity index (χ1) is 10.2. The highest BCUT2D eigenvalue weighted by molar-refractivity contribution is 5.93. The summed E-state index contributed by atoms with van der Waals surface area (Å²) in [4.78, 5) is 11.2. The number of amides is 1. The lowest BCUT2D eigenvalue weighted by Crippen LogP contribution is -2.11. The number of carbonyl (C=O) groups is 1. The summed E-state index contributed by atoms with van der Waals surface area (Å²) >= 11 is 0. The summed E-state index contributed by atoms with van der Waals surface area (Å²) < 4.78 is 1.55. The topological polar surface area (TPSA) is 102 Å². The highest BCUT2D eigenvalue weighted by atomic mass is 16.1. The Labute approximate surface area is 118 Å². The molecule has 0 fully saturated rings. The Morgan fingerprint density at radius 2 is 2.14 bits per heavy atom. The van der Waals surface area contributed by atoms with Crippen LogP contribution in [0.5, 0.6) is 0 Å². The molecule has 3 aromatic heterocycles. The third-order valence-corrected chi connectivity index (χ3v) is 3.41. The summed E-state index contributed by atoms with van der Waals surface area (Å²) in [6, 6.07) is 9.34. The van der Waals surface area contributed by atoms with Crippen LogP contribution in [0.1, 0.15) is 10.4 Å². The van der Waals surface area contributed by atoms with Crippen molar-refractivity contribution >= 4 is 22.3 Å². The number of primary amides is 1. The first-order valence-electron chi connectivity index (χ1n) is 6.31. The van der Waals surface area contributed by atoms with E-state index in [4.69, 9.17) is 5.73 Å². The molecule has 0 atom stereocenters. The van der Waals surface area contributed by atoms with Gasteiger partial charge in [0.05, 0.1) is 22.8 Å². The maximum atomic E-state index is 11.2. The van der Waals surface area contributed by atoms with Crippen LogP contribution in [0.25, 0.3) is 27.7 Å². The molecule has 3 N–H and O–H groups in total. The second-order valence-corrected chi connectivity index (χ2v) is 4.72. The van der Waals surface area contributed by atoms with E-state index in [0.29, 0.717) is 5.56 Å². The van der Waals surface area contributed by atoms with Gasteiger partial charge in [0.15, 0.2) is 0 Å². The molecule has 102 valence electrons. The number of benzene rings is 1. The first-order valence-corrected chi connectivity index (χ1v) is 6.31. The van der Waals surface area contributed by atoms with E-state index in [2.05, 4.69) is 20.5 Å². The molecule has 21 heavy (non-hydrogen) atoms. The zero-order valence-corrected chi connectivity index (χ0v) is 10.8. The molecule has 7 nitrogen and oxygen atoms in total. The van der Waals surface area contributed by atoms with Gasteiger partial charge in [-0.2, -0.15) is 5.10 Å². The predicted molar refractivity (Wildman–Crippen MR) is 76.6 cm³/mol. The molecule has 0 spiro atoms. The van der Waals surface area contributed by atoms with E-state index in [1.807, 2.05) is 18.2 Å². The fraction of sp³-hybridized carbons (Fsp3) is 0. The van der Waals surface area contributed by atoms with E-state index in [-0.39, 0.29) is 0 Å². The Bertz CT molecular complexity index is 983. The zero-order valence-electron chi connectivity index (χ0n) is 10.8. The van der Waals surface area contributed by atoms with Gasteiger partial charge in [-0.15, -0.1) is 5.10 Å². The van der Waals surface area contributed by atoms with Crippen LogP contribution in [-0.4, -0.2) is 30.9 Å². The highest BCUT2D eigenvalue weighted by Crippen LogP contribution is 2.25. The van der Waals surface area contributed by atoms with Gasteiger partial charge in [-0.1, -0.05) is 11.3 Å². The number of nitrogens with zero attached hydrogens (tertiary/aromatic N) is 4. The summed E-state index contributed by atoms with van der Waals surface area (Å²) in [6.07, 6.45) is 3.33. The van der Waals surface area contributed by atoms with Crippen molar-refractivity contribution in [2.24, 2.45) is 5.73 Å². The van der Waals surface area contributed by atoms with Gasteiger partial charge in [-0.3, -0.25) is 9.89 Å². The Morgan fingerprint density at radius 1 is 1.24 bits per heavy atom. The van der Waals surface area contributed by atoms with E-state index in [1.54, 1.807) is 29.0 Å².